The van der Waals surface area contributed by atoms with Gasteiger partial charge in [-0.1, -0.05) is 30.7 Å². The Bertz CT molecular complexity index is 585. The molecule has 1 aromatic heterocycles. The van der Waals surface area contributed by atoms with Gasteiger partial charge in [-0.05, 0) is 18.9 Å². The number of aryl methyl sites for hydroxylation is 1. The molecule has 1 aliphatic rings. The molecule has 5 heteroatoms. The van der Waals surface area contributed by atoms with Crippen molar-refractivity contribution < 1.29 is 0 Å². The first kappa shape index (κ1) is 16.0. The van der Waals surface area contributed by atoms with Gasteiger partial charge in [0.1, 0.15) is 0 Å². The van der Waals surface area contributed by atoms with E-state index >= 15 is 0 Å². The summed E-state index contributed by atoms with van der Waals surface area (Å²) >= 11 is 0. The van der Waals surface area contributed by atoms with E-state index in [-0.39, 0.29) is 12.4 Å². The van der Waals surface area contributed by atoms with Crippen LogP contribution in [0.2, 0.25) is 0 Å². The second-order valence-corrected chi connectivity index (χ2v) is 5.97. The standard InChI is InChI=1S/C16H22N4.ClH/c1-11-4-3-5-13(6-11)16-14(7-18-19-16)9-20-8-12(2)15(17)10-20;/h3-7,12,15H,8-10,17H2,1-2H3,(H,18,19);1H. The summed E-state index contributed by atoms with van der Waals surface area (Å²) in [4.78, 5) is 2.42. The van der Waals surface area contributed by atoms with Gasteiger partial charge in [-0.3, -0.25) is 10.00 Å². The minimum Gasteiger partial charge on any atom is -0.326 e. The fourth-order valence-electron chi connectivity index (χ4n) is 2.95. The number of aromatic nitrogens is 2. The summed E-state index contributed by atoms with van der Waals surface area (Å²) in [5, 5.41) is 7.36. The summed E-state index contributed by atoms with van der Waals surface area (Å²) in [6.45, 7) is 7.29. The molecule has 2 heterocycles. The Balaban J connectivity index is 0.00000161. The second kappa shape index (κ2) is 6.60. The summed E-state index contributed by atoms with van der Waals surface area (Å²) in [6.07, 6.45) is 1.94. The van der Waals surface area contributed by atoms with Crippen LogP contribution in [0.1, 0.15) is 18.1 Å². The molecule has 0 saturated carbocycles. The van der Waals surface area contributed by atoms with Crippen LogP contribution in [-0.4, -0.2) is 34.2 Å². The second-order valence-electron chi connectivity index (χ2n) is 5.97. The SMILES string of the molecule is Cc1cccc(-c2[nH]ncc2CN2CC(C)C(N)C2)c1.Cl. The zero-order valence-electron chi connectivity index (χ0n) is 12.5. The van der Waals surface area contributed by atoms with E-state index in [1.165, 1.54) is 16.7 Å². The summed E-state index contributed by atoms with van der Waals surface area (Å²) in [6, 6.07) is 8.81. The van der Waals surface area contributed by atoms with E-state index in [0.29, 0.717) is 12.0 Å². The summed E-state index contributed by atoms with van der Waals surface area (Å²) in [5.41, 5.74) is 10.9. The van der Waals surface area contributed by atoms with Gasteiger partial charge < -0.3 is 5.73 Å². The third kappa shape index (κ3) is 3.46. The minimum absolute atomic E-state index is 0. The predicted molar refractivity (Wildman–Crippen MR) is 88.4 cm³/mol. The van der Waals surface area contributed by atoms with Crippen LogP contribution >= 0.6 is 12.4 Å². The molecule has 0 radical (unpaired) electrons. The van der Waals surface area contributed by atoms with Crippen molar-refractivity contribution in [2.24, 2.45) is 11.7 Å². The quantitative estimate of drug-likeness (QED) is 0.916. The number of nitrogens with two attached hydrogens (primary N) is 1. The number of nitrogens with zero attached hydrogens (tertiary/aromatic N) is 2. The van der Waals surface area contributed by atoms with Crippen molar-refractivity contribution in [3.63, 3.8) is 0 Å². The lowest BCUT2D eigenvalue weighted by Crippen LogP contribution is -2.28. The molecule has 1 aromatic carbocycles. The largest absolute Gasteiger partial charge is 0.326 e. The summed E-state index contributed by atoms with van der Waals surface area (Å²) in [5.74, 6) is 0.573. The van der Waals surface area contributed by atoms with E-state index in [0.717, 1.165) is 25.3 Å². The highest BCUT2D eigenvalue weighted by Crippen LogP contribution is 2.25. The number of hydrogen-bond donors (Lipinski definition) is 2. The van der Waals surface area contributed by atoms with Gasteiger partial charge in [-0.15, -0.1) is 12.4 Å². The Hall–Kier alpha value is -1.36. The Morgan fingerprint density at radius 1 is 1.38 bits per heavy atom. The molecule has 21 heavy (non-hydrogen) atoms. The first-order valence-corrected chi connectivity index (χ1v) is 7.20. The zero-order chi connectivity index (χ0) is 14.1. The lowest BCUT2D eigenvalue weighted by Gasteiger charge is -2.15. The van der Waals surface area contributed by atoms with Gasteiger partial charge >= 0.3 is 0 Å². The maximum atomic E-state index is 6.10. The number of likely N-dealkylation sites (tertiary alicyclic amines) is 1. The van der Waals surface area contributed by atoms with Crippen molar-refractivity contribution in [3.05, 3.63) is 41.6 Å². The van der Waals surface area contributed by atoms with Crippen molar-refractivity contribution in [1.29, 1.82) is 0 Å². The molecule has 3 rings (SSSR count). The topological polar surface area (TPSA) is 57.9 Å². The zero-order valence-corrected chi connectivity index (χ0v) is 13.4. The molecule has 2 aromatic rings. The van der Waals surface area contributed by atoms with Crippen molar-refractivity contribution in [1.82, 2.24) is 15.1 Å². The number of benzene rings is 1. The van der Waals surface area contributed by atoms with Gasteiger partial charge in [0.25, 0.3) is 0 Å². The molecule has 3 N–H and O–H groups in total. The number of rotatable bonds is 3. The van der Waals surface area contributed by atoms with Gasteiger partial charge in [0.2, 0.25) is 0 Å². The van der Waals surface area contributed by atoms with Gasteiger partial charge in [0.05, 0.1) is 11.9 Å². The molecule has 1 fully saturated rings. The highest BCUT2D eigenvalue weighted by atomic mass is 35.5. The smallest absolute Gasteiger partial charge is 0.0695 e. The molecular weight excluding hydrogens is 284 g/mol. The fraction of sp³-hybridized carbons (Fsp3) is 0.438. The van der Waals surface area contributed by atoms with Crippen LogP contribution in [0.3, 0.4) is 0 Å². The Morgan fingerprint density at radius 3 is 2.86 bits per heavy atom. The van der Waals surface area contributed by atoms with Crippen LogP contribution in [0.5, 0.6) is 0 Å². The summed E-state index contributed by atoms with van der Waals surface area (Å²) < 4.78 is 0. The van der Waals surface area contributed by atoms with Crippen LogP contribution in [-0.2, 0) is 6.54 Å². The van der Waals surface area contributed by atoms with Gasteiger partial charge in [0.15, 0.2) is 0 Å². The lowest BCUT2D eigenvalue weighted by molar-refractivity contribution is 0.319. The maximum Gasteiger partial charge on any atom is 0.0695 e. The number of H-pyrrole nitrogens is 1. The number of nitrogens with one attached hydrogen (secondary N) is 1. The van der Waals surface area contributed by atoms with E-state index in [1.807, 2.05) is 6.20 Å². The Labute approximate surface area is 132 Å². The fourth-order valence-corrected chi connectivity index (χ4v) is 2.95. The maximum absolute atomic E-state index is 6.10. The van der Waals surface area contributed by atoms with Crippen LogP contribution in [0.15, 0.2) is 30.5 Å². The molecule has 1 saturated heterocycles. The third-order valence-electron chi connectivity index (χ3n) is 4.16. The normalized spacial score (nSPS) is 22.2. The van der Waals surface area contributed by atoms with Crippen LogP contribution in [0, 0.1) is 12.8 Å². The average Bonchev–Trinajstić information content (AvgIpc) is 2.98. The molecule has 0 bridgehead atoms. The van der Waals surface area contributed by atoms with Gasteiger partial charge in [0, 0.05) is 36.8 Å². The number of hydrogen-bond acceptors (Lipinski definition) is 3. The summed E-state index contributed by atoms with van der Waals surface area (Å²) in [7, 11) is 0. The molecular formula is C16H23ClN4. The first-order valence-electron chi connectivity index (χ1n) is 7.20. The third-order valence-corrected chi connectivity index (χ3v) is 4.16. The van der Waals surface area contributed by atoms with E-state index in [1.54, 1.807) is 0 Å². The number of aromatic amines is 1. The lowest BCUT2D eigenvalue weighted by atomic mass is 10.1. The molecule has 2 atom stereocenters. The molecule has 0 spiro atoms. The van der Waals surface area contributed by atoms with E-state index in [4.69, 9.17) is 5.73 Å². The van der Waals surface area contributed by atoms with Crippen LogP contribution in [0.4, 0.5) is 0 Å². The average molecular weight is 307 g/mol. The Morgan fingerprint density at radius 2 is 2.19 bits per heavy atom. The molecule has 0 amide bonds. The molecule has 114 valence electrons. The van der Waals surface area contributed by atoms with Crippen molar-refractivity contribution in [2.45, 2.75) is 26.4 Å². The van der Waals surface area contributed by atoms with E-state index < -0.39 is 0 Å². The Kier molecular flexibility index (Phi) is 5.04. The van der Waals surface area contributed by atoms with Crippen LogP contribution in [0.25, 0.3) is 11.3 Å². The minimum atomic E-state index is 0. The molecule has 4 nitrogen and oxygen atoms in total. The highest BCUT2D eigenvalue weighted by molar-refractivity contribution is 5.85. The van der Waals surface area contributed by atoms with Crippen molar-refractivity contribution in [3.8, 4) is 11.3 Å². The highest BCUT2D eigenvalue weighted by Gasteiger charge is 2.27. The molecule has 0 aliphatic carbocycles. The predicted octanol–water partition coefficient (Wildman–Crippen LogP) is 2.59. The van der Waals surface area contributed by atoms with Crippen LogP contribution < -0.4 is 5.73 Å². The van der Waals surface area contributed by atoms with E-state index in [9.17, 15) is 0 Å². The molecule has 1 aliphatic heterocycles. The monoisotopic (exact) mass is 306 g/mol. The number of halogens is 1. The molecule has 2 unspecified atom stereocenters. The van der Waals surface area contributed by atoms with Crippen molar-refractivity contribution in [2.75, 3.05) is 13.1 Å². The van der Waals surface area contributed by atoms with Gasteiger partial charge in [-0.25, -0.2) is 0 Å². The van der Waals surface area contributed by atoms with Gasteiger partial charge in [-0.2, -0.15) is 5.10 Å². The first-order chi connectivity index (χ1) is 9.63. The van der Waals surface area contributed by atoms with E-state index in [2.05, 4.69) is 53.2 Å². The van der Waals surface area contributed by atoms with Crippen molar-refractivity contribution >= 4 is 12.4 Å².